The molecule has 0 bridgehead atoms. The second-order valence-electron chi connectivity index (χ2n) is 5.78. The molecule has 1 saturated heterocycles. The van der Waals surface area contributed by atoms with E-state index >= 15 is 0 Å². The molecule has 1 aliphatic heterocycles. The van der Waals surface area contributed by atoms with E-state index in [0.717, 1.165) is 13.0 Å². The van der Waals surface area contributed by atoms with Crippen LogP contribution < -0.4 is 0 Å². The molecule has 0 aromatic rings. The lowest BCUT2D eigenvalue weighted by molar-refractivity contribution is -0.148. The van der Waals surface area contributed by atoms with Gasteiger partial charge in [-0.15, -0.1) is 0 Å². The molecule has 0 saturated carbocycles. The number of carbonyl (C=O) groups excluding carboxylic acids is 2. The monoisotopic (exact) mass is 300 g/mol. The summed E-state index contributed by atoms with van der Waals surface area (Å²) in [6.07, 6.45) is 0.579. The third kappa shape index (κ3) is 5.91. The third-order valence-electron chi connectivity index (χ3n) is 3.50. The van der Waals surface area contributed by atoms with Gasteiger partial charge >= 0.3 is 12.1 Å². The molecule has 0 N–H and O–H groups in total. The average Bonchev–Trinajstić information content (AvgIpc) is 2.70. The summed E-state index contributed by atoms with van der Waals surface area (Å²) in [5.74, 6) is 0.134. The minimum atomic E-state index is -0.267. The summed E-state index contributed by atoms with van der Waals surface area (Å²) < 4.78 is 10.3. The van der Waals surface area contributed by atoms with Gasteiger partial charge in [0, 0.05) is 26.2 Å². The molecule has 0 spiro atoms. The highest BCUT2D eigenvalue weighted by Gasteiger charge is 2.26. The summed E-state index contributed by atoms with van der Waals surface area (Å²) in [7, 11) is 0. The highest BCUT2D eigenvalue weighted by atomic mass is 16.6. The maximum atomic E-state index is 12.0. The zero-order valence-corrected chi connectivity index (χ0v) is 13.6. The van der Waals surface area contributed by atoms with Crippen molar-refractivity contribution in [1.29, 1.82) is 0 Å². The van der Waals surface area contributed by atoms with E-state index in [0.29, 0.717) is 38.8 Å². The first kappa shape index (κ1) is 17.8. The van der Waals surface area contributed by atoms with Gasteiger partial charge in [-0.2, -0.15) is 0 Å². The van der Waals surface area contributed by atoms with Crippen molar-refractivity contribution in [2.45, 2.75) is 40.2 Å². The standard InChI is InChI=1S/C15H28N2O4/c1-5-20-14(18)13(4)16-7-6-8-17(10-9-16)15(19)21-11-12(2)3/h12-13H,5-11H2,1-4H3. The molecule has 6 nitrogen and oxygen atoms in total. The number of carbonyl (C=O) groups is 2. The number of nitrogens with zero attached hydrogens (tertiary/aromatic N) is 2. The fourth-order valence-corrected chi connectivity index (χ4v) is 2.25. The van der Waals surface area contributed by atoms with Gasteiger partial charge in [-0.05, 0) is 26.2 Å². The van der Waals surface area contributed by atoms with Gasteiger partial charge in [-0.25, -0.2) is 4.79 Å². The largest absolute Gasteiger partial charge is 0.465 e. The number of ether oxygens (including phenoxy) is 2. The Morgan fingerprint density at radius 3 is 2.38 bits per heavy atom. The van der Waals surface area contributed by atoms with Gasteiger partial charge in [0.25, 0.3) is 0 Å². The first-order chi connectivity index (χ1) is 9.95. The van der Waals surface area contributed by atoms with Crippen molar-refractivity contribution in [3.8, 4) is 0 Å². The van der Waals surface area contributed by atoms with Crippen LogP contribution in [0.15, 0.2) is 0 Å². The first-order valence-corrected chi connectivity index (χ1v) is 7.78. The molecule has 0 aromatic carbocycles. The Morgan fingerprint density at radius 1 is 1.05 bits per heavy atom. The Hall–Kier alpha value is -1.30. The van der Waals surface area contributed by atoms with Gasteiger partial charge in [0.05, 0.1) is 13.2 Å². The minimum absolute atomic E-state index is 0.201. The number of esters is 1. The summed E-state index contributed by atoms with van der Waals surface area (Å²) in [5.41, 5.74) is 0. The zero-order valence-electron chi connectivity index (χ0n) is 13.6. The highest BCUT2D eigenvalue weighted by molar-refractivity contribution is 5.75. The number of rotatable bonds is 5. The lowest BCUT2D eigenvalue weighted by atomic mass is 10.2. The molecule has 0 aromatic heterocycles. The van der Waals surface area contributed by atoms with Gasteiger partial charge in [0.1, 0.15) is 6.04 Å². The summed E-state index contributed by atoms with van der Waals surface area (Å²) in [6.45, 7) is 11.2. The van der Waals surface area contributed by atoms with E-state index in [4.69, 9.17) is 9.47 Å². The van der Waals surface area contributed by atoms with E-state index < -0.39 is 0 Å². The zero-order chi connectivity index (χ0) is 15.8. The van der Waals surface area contributed by atoms with E-state index in [-0.39, 0.29) is 18.1 Å². The molecule has 6 heteroatoms. The molecule has 0 radical (unpaired) electrons. The Morgan fingerprint density at radius 2 is 1.76 bits per heavy atom. The summed E-state index contributed by atoms with van der Waals surface area (Å²) >= 11 is 0. The van der Waals surface area contributed by atoms with Crippen LogP contribution in [0.4, 0.5) is 4.79 Å². The Balaban J connectivity index is 2.46. The molecule has 21 heavy (non-hydrogen) atoms. The Kier molecular flexibility index (Phi) is 7.50. The predicted molar refractivity (Wildman–Crippen MR) is 80.0 cm³/mol. The molecular weight excluding hydrogens is 272 g/mol. The molecule has 1 heterocycles. The predicted octanol–water partition coefficient (Wildman–Crippen LogP) is 1.74. The Labute approximate surface area is 127 Å². The number of hydrogen-bond donors (Lipinski definition) is 0. The van der Waals surface area contributed by atoms with Crippen molar-refractivity contribution in [1.82, 2.24) is 9.80 Å². The average molecular weight is 300 g/mol. The maximum absolute atomic E-state index is 12.0. The summed E-state index contributed by atoms with van der Waals surface area (Å²) in [4.78, 5) is 27.5. The van der Waals surface area contributed by atoms with Crippen LogP contribution in [0, 0.1) is 5.92 Å². The van der Waals surface area contributed by atoms with Crippen molar-refractivity contribution < 1.29 is 19.1 Å². The van der Waals surface area contributed by atoms with Crippen molar-refractivity contribution in [3.63, 3.8) is 0 Å². The van der Waals surface area contributed by atoms with Crippen LogP contribution in [0.5, 0.6) is 0 Å². The van der Waals surface area contributed by atoms with E-state index in [1.807, 2.05) is 20.8 Å². The topological polar surface area (TPSA) is 59.1 Å². The van der Waals surface area contributed by atoms with Crippen LogP contribution in [-0.4, -0.2) is 67.3 Å². The Bertz CT molecular complexity index is 347. The van der Waals surface area contributed by atoms with Gasteiger partial charge in [0.2, 0.25) is 0 Å². The highest BCUT2D eigenvalue weighted by Crippen LogP contribution is 2.10. The van der Waals surface area contributed by atoms with Crippen molar-refractivity contribution in [3.05, 3.63) is 0 Å². The summed E-state index contributed by atoms with van der Waals surface area (Å²) in [5, 5.41) is 0. The van der Waals surface area contributed by atoms with Gasteiger partial charge in [-0.1, -0.05) is 13.8 Å². The second kappa shape index (κ2) is 8.87. The SMILES string of the molecule is CCOC(=O)C(C)N1CCCN(C(=O)OCC(C)C)CC1. The molecule has 0 aliphatic carbocycles. The smallest absolute Gasteiger partial charge is 0.409 e. The molecule has 1 unspecified atom stereocenters. The molecule has 122 valence electrons. The van der Waals surface area contributed by atoms with Gasteiger partial charge in [0.15, 0.2) is 0 Å². The fraction of sp³-hybridized carbons (Fsp3) is 0.867. The van der Waals surface area contributed by atoms with Gasteiger partial charge < -0.3 is 14.4 Å². The van der Waals surface area contributed by atoms with Crippen LogP contribution in [0.1, 0.15) is 34.1 Å². The fourth-order valence-electron chi connectivity index (χ4n) is 2.25. The molecule has 1 amide bonds. The third-order valence-corrected chi connectivity index (χ3v) is 3.50. The van der Waals surface area contributed by atoms with Crippen LogP contribution in [0.3, 0.4) is 0 Å². The van der Waals surface area contributed by atoms with E-state index in [1.165, 1.54) is 0 Å². The molecule has 1 atom stereocenters. The van der Waals surface area contributed by atoms with Crippen LogP contribution >= 0.6 is 0 Å². The lowest BCUT2D eigenvalue weighted by Crippen LogP contribution is -2.43. The second-order valence-corrected chi connectivity index (χ2v) is 5.78. The van der Waals surface area contributed by atoms with Crippen molar-refractivity contribution in [2.75, 3.05) is 39.4 Å². The van der Waals surface area contributed by atoms with E-state index in [9.17, 15) is 9.59 Å². The normalized spacial score (nSPS) is 18.2. The minimum Gasteiger partial charge on any atom is -0.465 e. The van der Waals surface area contributed by atoms with Crippen LogP contribution in [-0.2, 0) is 14.3 Å². The number of amides is 1. The van der Waals surface area contributed by atoms with E-state index in [1.54, 1.807) is 11.8 Å². The summed E-state index contributed by atoms with van der Waals surface area (Å²) in [6, 6.07) is -0.267. The molecular formula is C15H28N2O4. The molecule has 1 rings (SSSR count). The van der Waals surface area contributed by atoms with Crippen LogP contribution in [0.25, 0.3) is 0 Å². The first-order valence-electron chi connectivity index (χ1n) is 7.78. The lowest BCUT2D eigenvalue weighted by Gasteiger charge is -2.26. The van der Waals surface area contributed by atoms with Crippen molar-refractivity contribution >= 4 is 12.1 Å². The maximum Gasteiger partial charge on any atom is 0.409 e. The molecule has 1 fully saturated rings. The number of hydrogen-bond acceptors (Lipinski definition) is 5. The van der Waals surface area contributed by atoms with Gasteiger partial charge in [-0.3, -0.25) is 9.69 Å². The molecule has 1 aliphatic rings. The van der Waals surface area contributed by atoms with E-state index in [2.05, 4.69) is 4.90 Å². The quantitative estimate of drug-likeness (QED) is 0.724. The van der Waals surface area contributed by atoms with Crippen molar-refractivity contribution in [2.24, 2.45) is 5.92 Å². The van der Waals surface area contributed by atoms with Crippen LogP contribution in [0.2, 0.25) is 0 Å².